The molecule has 0 saturated heterocycles. The van der Waals surface area contributed by atoms with Gasteiger partial charge in [-0.2, -0.15) is 0 Å². The Kier molecular flexibility index (Phi) is 4.32. The summed E-state index contributed by atoms with van der Waals surface area (Å²) < 4.78 is 10.8. The van der Waals surface area contributed by atoms with Crippen molar-refractivity contribution in [2.75, 3.05) is 7.11 Å². The lowest BCUT2D eigenvalue weighted by Gasteiger charge is -2.15. The van der Waals surface area contributed by atoms with Crippen LogP contribution in [-0.4, -0.2) is 22.0 Å². The van der Waals surface area contributed by atoms with E-state index < -0.39 is 4.92 Å². The van der Waals surface area contributed by atoms with Crippen LogP contribution in [0, 0.1) is 10.1 Å². The normalized spacial score (nSPS) is 10.5. The van der Waals surface area contributed by atoms with Gasteiger partial charge < -0.3 is 9.47 Å². The molecule has 0 aliphatic heterocycles. The Morgan fingerprint density at radius 2 is 1.86 bits per heavy atom. The van der Waals surface area contributed by atoms with E-state index in [1.54, 1.807) is 6.07 Å². The van der Waals surface area contributed by atoms with Crippen LogP contribution < -0.4 is 9.47 Å². The van der Waals surface area contributed by atoms with Gasteiger partial charge in [-0.05, 0) is 12.0 Å². The highest BCUT2D eigenvalue weighted by Crippen LogP contribution is 2.39. The number of aromatic nitrogens is 2. The van der Waals surface area contributed by atoms with Gasteiger partial charge in [-0.25, -0.2) is 9.97 Å². The minimum Gasteiger partial charge on any atom is -0.490 e. The molecule has 0 unspecified atom stereocenters. The first kappa shape index (κ1) is 14.7. The van der Waals surface area contributed by atoms with Crippen LogP contribution in [0.1, 0.15) is 25.3 Å². The van der Waals surface area contributed by atoms with Gasteiger partial charge in [-0.15, -0.1) is 0 Å². The van der Waals surface area contributed by atoms with Crippen LogP contribution >= 0.6 is 0 Å². The molecule has 1 aromatic carbocycles. The molecule has 21 heavy (non-hydrogen) atoms. The molecule has 2 aromatic rings. The molecule has 7 heteroatoms. The Hall–Kier alpha value is -2.70. The molecule has 7 nitrogen and oxygen atoms in total. The van der Waals surface area contributed by atoms with Gasteiger partial charge >= 0.3 is 5.69 Å². The van der Waals surface area contributed by atoms with Crippen molar-refractivity contribution in [3.63, 3.8) is 0 Å². The molecular formula is C14H15N3O4. The van der Waals surface area contributed by atoms with Gasteiger partial charge in [0, 0.05) is 5.56 Å². The largest absolute Gasteiger partial charge is 0.490 e. The number of hydrogen-bond donors (Lipinski definition) is 0. The standard InChI is InChI=1S/C14H15N3O4/c1-9(2)11-4-14(20-3)12(17(18)19)5-13(11)21-10-6-15-8-16-7-10/h4-9H,1-3H3. The molecule has 0 bridgehead atoms. The topological polar surface area (TPSA) is 87.4 Å². The lowest BCUT2D eigenvalue weighted by Crippen LogP contribution is -2.00. The smallest absolute Gasteiger partial charge is 0.314 e. The van der Waals surface area contributed by atoms with Crippen molar-refractivity contribution in [1.29, 1.82) is 0 Å². The zero-order chi connectivity index (χ0) is 15.4. The molecule has 0 amide bonds. The molecular weight excluding hydrogens is 274 g/mol. The van der Waals surface area contributed by atoms with Crippen LogP contribution in [0.4, 0.5) is 5.69 Å². The fourth-order valence-corrected chi connectivity index (χ4v) is 1.88. The van der Waals surface area contributed by atoms with Crippen molar-refractivity contribution >= 4 is 5.69 Å². The fraction of sp³-hybridized carbons (Fsp3) is 0.286. The number of hydrogen-bond acceptors (Lipinski definition) is 6. The van der Waals surface area contributed by atoms with Gasteiger partial charge in [-0.3, -0.25) is 10.1 Å². The second-order valence-electron chi connectivity index (χ2n) is 4.65. The molecule has 110 valence electrons. The summed E-state index contributed by atoms with van der Waals surface area (Å²) in [5.41, 5.74) is 0.662. The highest BCUT2D eigenvalue weighted by molar-refractivity contribution is 5.56. The Morgan fingerprint density at radius 1 is 1.19 bits per heavy atom. The first-order valence-corrected chi connectivity index (χ1v) is 6.32. The maximum atomic E-state index is 11.1. The van der Waals surface area contributed by atoms with Gasteiger partial charge in [0.1, 0.15) is 12.1 Å². The van der Waals surface area contributed by atoms with E-state index in [4.69, 9.17) is 9.47 Å². The third-order valence-corrected chi connectivity index (χ3v) is 2.89. The van der Waals surface area contributed by atoms with Crippen molar-refractivity contribution < 1.29 is 14.4 Å². The number of benzene rings is 1. The summed E-state index contributed by atoms with van der Waals surface area (Å²) in [6.45, 7) is 3.93. The predicted molar refractivity (Wildman–Crippen MR) is 75.8 cm³/mol. The summed E-state index contributed by atoms with van der Waals surface area (Å²) in [6, 6.07) is 2.99. The van der Waals surface area contributed by atoms with E-state index in [9.17, 15) is 10.1 Å². The highest BCUT2D eigenvalue weighted by atomic mass is 16.6. The predicted octanol–water partition coefficient (Wildman–Crippen LogP) is 3.31. The second-order valence-corrected chi connectivity index (χ2v) is 4.65. The van der Waals surface area contributed by atoms with Gasteiger partial charge in [0.25, 0.3) is 0 Å². The van der Waals surface area contributed by atoms with Crippen molar-refractivity contribution in [1.82, 2.24) is 9.97 Å². The lowest BCUT2D eigenvalue weighted by atomic mass is 10.0. The number of nitro groups is 1. The molecule has 0 spiro atoms. The van der Waals surface area contributed by atoms with E-state index >= 15 is 0 Å². The number of methoxy groups -OCH3 is 1. The minimum absolute atomic E-state index is 0.110. The van der Waals surface area contributed by atoms with Crippen LogP contribution in [0.15, 0.2) is 30.9 Å². The van der Waals surface area contributed by atoms with Gasteiger partial charge in [0.15, 0.2) is 11.5 Å². The zero-order valence-corrected chi connectivity index (χ0v) is 11.9. The summed E-state index contributed by atoms with van der Waals surface area (Å²) >= 11 is 0. The molecule has 2 rings (SSSR count). The molecule has 0 atom stereocenters. The van der Waals surface area contributed by atoms with Crippen LogP contribution in [0.5, 0.6) is 17.2 Å². The molecule has 0 radical (unpaired) electrons. The van der Waals surface area contributed by atoms with Crippen molar-refractivity contribution in [2.45, 2.75) is 19.8 Å². The Bertz CT molecular complexity index is 644. The average molecular weight is 289 g/mol. The van der Waals surface area contributed by atoms with E-state index in [1.807, 2.05) is 13.8 Å². The third-order valence-electron chi connectivity index (χ3n) is 2.89. The summed E-state index contributed by atoms with van der Waals surface area (Å²) in [5.74, 6) is 1.13. The maximum Gasteiger partial charge on any atom is 0.314 e. The van der Waals surface area contributed by atoms with Crippen LogP contribution in [-0.2, 0) is 0 Å². The Labute approximate surface area is 121 Å². The van der Waals surface area contributed by atoms with E-state index in [-0.39, 0.29) is 17.4 Å². The van der Waals surface area contributed by atoms with E-state index in [0.717, 1.165) is 5.56 Å². The zero-order valence-electron chi connectivity index (χ0n) is 11.9. The monoisotopic (exact) mass is 289 g/mol. The average Bonchev–Trinajstić information content (AvgIpc) is 2.47. The first-order chi connectivity index (χ1) is 10.0. The molecule has 0 saturated carbocycles. The molecule has 0 aliphatic rings. The van der Waals surface area contributed by atoms with Crippen molar-refractivity contribution in [2.24, 2.45) is 0 Å². The third kappa shape index (κ3) is 3.25. The SMILES string of the molecule is COc1cc(C(C)C)c(Oc2cncnc2)cc1[N+](=O)[O-]. The molecule has 0 aliphatic carbocycles. The number of rotatable bonds is 5. The van der Waals surface area contributed by atoms with Gasteiger partial charge in [-0.1, -0.05) is 13.8 Å². The summed E-state index contributed by atoms with van der Waals surface area (Å²) in [6.07, 6.45) is 4.37. The van der Waals surface area contributed by atoms with Crippen LogP contribution in [0.3, 0.4) is 0 Å². The lowest BCUT2D eigenvalue weighted by molar-refractivity contribution is -0.385. The van der Waals surface area contributed by atoms with E-state index in [1.165, 1.54) is 31.9 Å². The van der Waals surface area contributed by atoms with Crippen molar-refractivity contribution in [3.05, 3.63) is 46.5 Å². The Morgan fingerprint density at radius 3 is 2.38 bits per heavy atom. The molecule has 1 aromatic heterocycles. The second kappa shape index (κ2) is 6.17. The van der Waals surface area contributed by atoms with Crippen LogP contribution in [0.25, 0.3) is 0 Å². The van der Waals surface area contributed by atoms with E-state index in [0.29, 0.717) is 11.5 Å². The minimum atomic E-state index is -0.503. The molecule has 0 fully saturated rings. The molecule has 0 N–H and O–H groups in total. The summed E-state index contributed by atoms with van der Waals surface area (Å²) in [5, 5.41) is 11.1. The summed E-state index contributed by atoms with van der Waals surface area (Å²) in [7, 11) is 1.40. The van der Waals surface area contributed by atoms with Crippen LogP contribution in [0.2, 0.25) is 0 Å². The maximum absolute atomic E-state index is 11.1. The van der Waals surface area contributed by atoms with Crippen molar-refractivity contribution in [3.8, 4) is 17.2 Å². The number of nitrogens with zero attached hydrogens (tertiary/aromatic N) is 3. The summed E-state index contributed by atoms with van der Waals surface area (Å²) in [4.78, 5) is 18.3. The van der Waals surface area contributed by atoms with E-state index in [2.05, 4.69) is 9.97 Å². The Balaban J connectivity index is 2.51. The quantitative estimate of drug-likeness (QED) is 0.620. The first-order valence-electron chi connectivity index (χ1n) is 6.32. The number of nitro benzene ring substituents is 1. The van der Waals surface area contributed by atoms with Gasteiger partial charge in [0.05, 0.1) is 30.5 Å². The molecule has 1 heterocycles. The highest BCUT2D eigenvalue weighted by Gasteiger charge is 2.21. The fourth-order valence-electron chi connectivity index (χ4n) is 1.88. The number of ether oxygens (including phenoxy) is 2. The van der Waals surface area contributed by atoms with Gasteiger partial charge in [0.2, 0.25) is 0 Å².